The van der Waals surface area contributed by atoms with E-state index in [0.29, 0.717) is 12.3 Å². The van der Waals surface area contributed by atoms with Gasteiger partial charge < -0.3 is 13.9 Å². The second-order valence-corrected chi connectivity index (χ2v) is 6.80. The van der Waals surface area contributed by atoms with Crippen LogP contribution in [0.15, 0.2) is 27.4 Å². The molecular formula is C19H24N2O4. The van der Waals surface area contributed by atoms with Gasteiger partial charge in [-0.2, -0.15) is 0 Å². The molecule has 1 fully saturated rings. The third-order valence-electron chi connectivity index (χ3n) is 5.02. The maximum Gasteiger partial charge on any atom is 0.336 e. The van der Waals surface area contributed by atoms with Gasteiger partial charge in [0.25, 0.3) is 0 Å². The number of ether oxygens (including phenoxy) is 2. The van der Waals surface area contributed by atoms with Crippen LogP contribution in [0.2, 0.25) is 0 Å². The number of benzene rings is 1. The van der Waals surface area contributed by atoms with Crippen molar-refractivity contribution in [1.82, 2.24) is 9.80 Å². The molecule has 4 rings (SSSR count). The summed E-state index contributed by atoms with van der Waals surface area (Å²) in [7, 11) is 0. The van der Waals surface area contributed by atoms with Gasteiger partial charge in [0.1, 0.15) is 18.1 Å². The lowest BCUT2D eigenvalue weighted by Crippen LogP contribution is -2.39. The monoisotopic (exact) mass is 344 g/mol. The molecular weight excluding hydrogens is 320 g/mol. The molecule has 0 spiro atoms. The molecule has 25 heavy (non-hydrogen) atoms. The highest BCUT2D eigenvalue weighted by Crippen LogP contribution is 2.32. The average molecular weight is 344 g/mol. The molecule has 0 saturated carbocycles. The van der Waals surface area contributed by atoms with Crippen LogP contribution in [-0.2, 0) is 11.3 Å². The highest BCUT2D eigenvalue weighted by Gasteiger charge is 2.22. The van der Waals surface area contributed by atoms with Crippen molar-refractivity contribution in [3.05, 3.63) is 39.7 Å². The highest BCUT2D eigenvalue weighted by molar-refractivity contribution is 5.85. The predicted molar refractivity (Wildman–Crippen MR) is 95.0 cm³/mol. The molecule has 1 aromatic heterocycles. The van der Waals surface area contributed by atoms with Gasteiger partial charge in [0.15, 0.2) is 0 Å². The van der Waals surface area contributed by atoms with Crippen molar-refractivity contribution in [3.8, 4) is 5.75 Å². The predicted octanol–water partition coefficient (Wildman–Crippen LogP) is 1.98. The van der Waals surface area contributed by atoms with Gasteiger partial charge in [-0.25, -0.2) is 4.79 Å². The van der Waals surface area contributed by atoms with E-state index in [4.69, 9.17) is 13.9 Å². The molecule has 0 atom stereocenters. The molecule has 0 amide bonds. The molecule has 0 unspecified atom stereocenters. The number of hydrogen-bond acceptors (Lipinski definition) is 6. The summed E-state index contributed by atoms with van der Waals surface area (Å²) < 4.78 is 16.8. The zero-order chi connectivity index (χ0) is 17.2. The topological polar surface area (TPSA) is 55.2 Å². The Morgan fingerprint density at radius 3 is 2.76 bits per heavy atom. The van der Waals surface area contributed by atoms with Crippen molar-refractivity contribution in [1.29, 1.82) is 0 Å². The van der Waals surface area contributed by atoms with E-state index in [1.54, 1.807) is 6.07 Å². The second-order valence-electron chi connectivity index (χ2n) is 6.80. The third-order valence-corrected chi connectivity index (χ3v) is 5.02. The Hall–Kier alpha value is -1.89. The number of rotatable bonds is 4. The number of nitrogens with zero attached hydrogens (tertiary/aromatic N) is 2. The Kier molecular flexibility index (Phi) is 4.74. The van der Waals surface area contributed by atoms with E-state index in [1.165, 1.54) is 0 Å². The SMILES string of the molecule is Cc1cc(=O)oc2c3c(ccc12)OCN(CCCN1CCOCC1)C3. The molecule has 2 aliphatic rings. The minimum Gasteiger partial charge on any atom is -0.478 e. The second kappa shape index (κ2) is 7.15. The number of aryl methyl sites for hydroxylation is 1. The van der Waals surface area contributed by atoms with Crippen molar-refractivity contribution in [2.24, 2.45) is 0 Å². The molecule has 3 heterocycles. The first-order valence-corrected chi connectivity index (χ1v) is 8.92. The maximum atomic E-state index is 11.8. The van der Waals surface area contributed by atoms with Crippen molar-refractivity contribution >= 4 is 11.0 Å². The lowest BCUT2D eigenvalue weighted by atomic mass is 10.0. The highest BCUT2D eigenvalue weighted by atomic mass is 16.5. The van der Waals surface area contributed by atoms with Gasteiger partial charge in [-0.1, -0.05) is 0 Å². The fourth-order valence-electron chi connectivity index (χ4n) is 3.62. The zero-order valence-electron chi connectivity index (χ0n) is 14.6. The standard InChI is InChI=1S/C19H24N2O4/c1-14-11-18(22)25-19-15(14)3-4-17-16(19)12-21(13-24-17)6-2-5-20-7-9-23-10-8-20/h3-4,11H,2,5-10,12-13H2,1H3. The van der Waals surface area contributed by atoms with Gasteiger partial charge in [-0.15, -0.1) is 0 Å². The molecule has 0 bridgehead atoms. The fraction of sp³-hybridized carbons (Fsp3) is 0.526. The zero-order valence-corrected chi connectivity index (χ0v) is 14.6. The largest absolute Gasteiger partial charge is 0.478 e. The van der Waals surface area contributed by atoms with Gasteiger partial charge in [0, 0.05) is 37.6 Å². The molecule has 2 aliphatic heterocycles. The first-order valence-electron chi connectivity index (χ1n) is 8.92. The molecule has 2 aromatic rings. The average Bonchev–Trinajstić information content (AvgIpc) is 2.62. The Bertz CT molecular complexity index is 811. The Balaban J connectivity index is 1.46. The van der Waals surface area contributed by atoms with Crippen molar-refractivity contribution < 1.29 is 13.9 Å². The number of hydrogen-bond donors (Lipinski definition) is 0. The van der Waals surface area contributed by atoms with E-state index in [-0.39, 0.29) is 5.63 Å². The minimum absolute atomic E-state index is 0.303. The van der Waals surface area contributed by atoms with Crippen LogP contribution >= 0.6 is 0 Å². The molecule has 134 valence electrons. The van der Waals surface area contributed by atoms with E-state index in [9.17, 15) is 4.79 Å². The van der Waals surface area contributed by atoms with Crippen LogP contribution in [0.5, 0.6) is 5.75 Å². The molecule has 1 aromatic carbocycles. The van der Waals surface area contributed by atoms with Crippen molar-refractivity contribution in [2.45, 2.75) is 19.9 Å². The van der Waals surface area contributed by atoms with Crippen LogP contribution in [0.3, 0.4) is 0 Å². The summed E-state index contributed by atoms with van der Waals surface area (Å²) in [6, 6.07) is 5.49. The molecule has 6 nitrogen and oxygen atoms in total. The van der Waals surface area contributed by atoms with Gasteiger partial charge in [0.2, 0.25) is 0 Å². The van der Waals surface area contributed by atoms with E-state index in [1.807, 2.05) is 19.1 Å². The molecule has 0 radical (unpaired) electrons. The third kappa shape index (κ3) is 3.56. The van der Waals surface area contributed by atoms with E-state index in [2.05, 4.69) is 9.80 Å². The summed E-state index contributed by atoms with van der Waals surface area (Å²) >= 11 is 0. The molecule has 1 saturated heterocycles. The van der Waals surface area contributed by atoms with Crippen LogP contribution in [0.4, 0.5) is 0 Å². The summed E-state index contributed by atoms with van der Waals surface area (Å²) in [5.74, 6) is 0.825. The number of morpholine rings is 1. The fourth-order valence-corrected chi connectivity index (χ4v) is 3.62. The van der Waals surface area contributed by atoms with Gasteiger partial charge >= 0.3 is 5.63 Å². The lowest BCUT2D eigenvalue weighted by molar-refractivity contribution is 0.0330. The van der Waals surface area contributed by atoms with Crippen LogP contribution in [0.25, 0.3) is 11.0 Å². The van der Waals surface area contributed by atoms with Crippen molar-refractivity contribution in [2.75, 3.05) is 46.1 Å². The van der Waals surface area contributed by atoms with Crippen LogP contribution in [0.1, 0.15) is 17.5 Å². The summed E-state index contributed by atoms with van der Waals surface area (Å²) in [4.78, 5) is 16.5. The first-order chi connectivity index (χ1) is 12.2. The quantitative estimate of drug-likeness (QED) is 0.791. The lowest BCUT2D eigenvalue weighted by Gasteiger charge is -2.31. The Morgan fingerprint density at radius 1 is 1.12 bits per heavy atom. The smallest absolute Gasteiger partial charge is 0.336 e. The van der Waals surface area contributed by atoms with Crippen LogP contribution in [-0.4, -0.2) is 55.9 Å². The number of fused-ring (bicyclic) bond motifs is 3. The van der Waals surface area contributed by atoms with E-state index >= 15 is 0 Å². The minimum atomic E-state index is -0.303. The van der Waals surface area contributed by atoms with E-state index in [0.717, 1.165) is 74.6 Å². The summed E-state index contributed by atoms with van der Waals surface area (Å²) in [6.45, 7) is 9.03. The van der Waals surface area contributed by atoms with Gasteiger partial charge in [-0.3, -0.25) is 9.80 Å². The molecule has 6 heteroatoms. The summed E-state index contributed by atoms with van der Waals surface area (Å²) in [6.07, 6.45) is 1.09. The molecule has 0 aliphatic carbocycles. The van der Waals surface area contributed by atoms with Crippen LogP contribution < -0.4 is 10.4 Å². The molecule has 0 N–H and O–H groups in total. The summed E-state index contributed by atoms with van der Waals surface area (Å²) in [5, 5.41) is 0.983. The Labute approximate surface area is 146 Å². The first kappa shape index (κ1) is 16.6. The van der Waals surface area contributed by atoms with Crippen LogP contribution in [0, 0.1) is 6.92 Å². The van der Waals surface area contributed by atoms with Gasteiger partial charge in [0.05, 0.1) is 18.8 Å². The normalized spacial score (nSPS) is 18.9. The summed E-state index contributed by atoms with van der Waals surface area (Å²) in [5.41, 5.74) is 2.29. The Morgan fingerprint density at radius 2 is 1.92 bits per heavy atom. The van der Waals surface area contributed by atoms with Gasteiger partial charge in [-0.05, 0) is 37.6 Å². The van der Waals surface area contributed by atoms with E-state index < -0.39 is 0 Å². The van der Waals surface area contributed by atoms with Crippen molar-refractivity contribution in [3.63, 3.8) is 0 Å². The maximum absolute atomic E-state index is 11.8.